The normalized spacial score (nSPS) is 15.7. The highest BCUT2D eigenvalue weighted by molar-refractivity contribution is 8.19. The summed E-state index contributed by atoms with van der Waals surface area (Å²) in [6, 6.07) is 9.82. The fourth-order valence-electron chi connectivity index (χ4n) is 2.51. The van der Waals surface area contributed by atoms with Crippen molar-refractivity contribution in [2.45, 2.75) is 0 Å². The SMILES string of the molecule is N=C1S/C(=C/c2ccc(-c3cccc(C(=O)O)c3)o2)C(=O)N1c1nccs1. The van der Waals surface area contributed by atoms with Crippen LogP contribution in [-0.4, -0.2) is 27.1 Å². The van der Waals surface area contributed by atoms with Gasteiger partial charge in [0.1, 0.15) is 11.5 Å². The quantitative estimate of drug-likeness (QED) is 0.640. The molecule has 3 aromatic rings. The molecule has 1 saturated heterocycles. The first-order valence-electron chi connectivity index (χ1n) is 7.68. The van der Waals surface area contributed by atoms with Crippen LogP contribution in [0.4, 0.5) is 5.13 Å². The van der Waals surface area contributed by atoms with Crippen LogP contribution in [-0.2, 0) is 4.79 Å². The first kappa shape index (κ1) is 17.3. The zero-order valence-corrected chi connectivity index (χ0v) is 15.2. The molecule has 1 amide bonds. The highest BCUT2D eigenvalue weighted by atomic mass is 32.2. The predicted molar refractivity (Wildman–Crippen MR) is 104 cm³/mol. The second-order valence-corrected chi connectivity index (χ2v) is 7.36. The molecular weight excluding hydrogens is 386 g/mol. The summed E-state index contributed by atoms with van der Waals surface area (Å²) in [5, 5.41) is 19.4. The van der Waals surface area contributed by atoms with Crippen LogP contribution in [0.3, 0.4) is 0 Å². The number of aromatic nitrogens is 1. The van der Waals surface area contributed by atoms with Crippen molar-refractivity contribution < 1.29 is 19.1 Å². The van der Waals surface area contributed by atoms with E-state index in [-0.39, 0.29) is 16.6 Å². The maximum absolute atomic E-state index is 12.6. The number of benzene rings is 1. The smallest absolute Gasteiger partial charge is 0.335 e. The van der Waals surface area contributed by atoms with Gasteiger partial charge in [0.2, 0.25) is 0 Å². The van der Waals surface area contributed by atoms with Gasteiger partial charge < -0.3 is 9.52 Å². The Morgan fingerprint density at radius 1 is 1.30 bits per heavy atom. The Kier molecular flexibility index (Phi) is 4.38. The number of hydrogen-bond acceptors (Lipinski definition) is 7. The second kappa shape index (κ2) is 6.86. The molecule has 0 saturated carbocycles. The molecule has 2 N–H and O–H groups in total. The average Bonchev–Trinajstić information content (AvgIpc) is 3.38. The fraction of sp³-hybridized carbons (Fsp3) is 0. The summed E-state index contributed by atoms with van der Waals surface area (Å²) in [6.45, 7) is 0. The van der Waals surface area contributed by atoms with Crippen molar-refractivity contribution in [2.75, 3.05) is 4.90 Å². The lowest BCUT2D eigenvalue weighted by Gasteiger charge is -2.08. The molecule has 2 aromatic heterocycles. The van der Waals surface area contributed by atoms with E-state index in [9.17, 15) is 9.59 Å². The number of rotatable bonds is 4. The molecule has 134 valence electrons. The number of anilines is 1. The van der Waals surface area contributed by atoms with Gasteiger partial charge in [-0.3, -0.25) is 10.2 Å². The lowest BCUT2D eigenvalue weighted by molar-refractivity contribution is -0.113. The van der Waals surface area contributed by atoms with E-state index >= 15 is 0 Å². The van der Waals surface area contributed by atoms with Gasteiger partial charge in [0.15, 0.2) is 10.3 Å². The summed E-state index contributed by atoms with van der Waals surface area (Å²) in [5.41, 5.74) is 0.792. The van der Waals surface area contributed by atoms with Crippen molar-refractivity contribution in [1.29, 1.82) is 5.41 Å². The molecule has 27 heavy (non-hydrogen) atoms. The number of carbonyl (C=O) groups is 2. The summed E-state index contributed by atoms with van der Waals surface area (Å²) in [6.07, 6.45) is 3.15. The zero-order valence-electron chi connectivity index (χ0n) is 13.6. The summed E-state index contributed by atoms with van der Waals surface area (Å²) in [5.74, 6) is -0.409. The molecule has 4 rings (SSSR count). The maximum atomic E-state index is 12.6. The van der Waals surface area contributed by atoms with Gasteiger partial charge in [-0.15, -0.1) is 11.3 Å². The number of carboxylic acids is 1. The van der Waals surface area contributed by atoms with Crippen LogP contribution in [0.5, 0.6) is 0 Å². The Morgan fingerprint density at radius 2 is 2.15 bits per heavy atom. The molecule has 1 aromatic carbocycles. The number of amides is 1. The molecule has 7 nitrogen and oxygen atoms in total. The molecule has 1 aliphatic heterocycles. The molecular formula is C18H11N3O4S2. The van der Waals surface area contributed by atoms with E-state index in [1.807, 2.05) is 0 Å². The second-order valence-electron chi connectivity index (χ2n) is 5.46. The third-order valence-electron chi connectivity index (χ3n) is 3.73. The van der Waals surface area contributed by atoms with Crippen molar-refractivity contribution in [3.8, 4) is 11.3 Å². The minimum atomic E-state index is -1.01. The molecule has 1 aliphatic rings. The zero-order chi connectivity index (χ0) is 19.0. The number of furan rings is 1. The number of hydrogen-bond donors (Lipinski definition) is 2. The van der Waals surface area contributed by atoms with Gasteiger partial charge in [0.05, 0.1) is 10.5 Å². The van der Waals surface area contributed by atoms with E-state index < -0.39 is 5.97 Å². The molecule has 1 fully saturated rings. The largest absolute Gasteiger partial charge is 0.478 e. The lowest BCUT2D eigenvalue weighted by atomic mass is 10.1. The summed E-state index contributed by atoms with van der Waals surface area (Å²) < 4.78 is 5.74. The van der Waals surface area contributed by atoms with E-state index in [0.717, 1.165) is 11.8 Å². The molecule has 0 aliphatic carbocycles. The van der Waals surface area contributed by atoms with Gasteiger partial charge in [0, 0.05) is 23.2 Å². The number of carbonyl (C=O) groups excluding carboxylic acids is 1. The molecule has 9 heteroatoms. The number of nitrogens with one attached hydrogen (secondary N) is 1. The van der Waals surface area contributed by atoms with Crippen LogP contribution >= 0.6 is 23.1 Å². The summed E-state index contributed by atoms with van der Waals surface area (Å²) in [7, 11) is 0. The van der Waals surface area contributed by atoms with Crippen molar-refractivity contribution >= 4 is 51.4 Å². The molecule has 0 spiro atoms. The van der Waals surface area contributed by atoms with Gasteiger partial charge in [-0.2, -0.15) is 0 Å². The minimum Gasteiger partial charge on any atom is -0.478 e. The Morgan fingerprint density at radius 3 is 2.89 bits per heavy atom. The van der Waals surface area contributed by atoms with E-state index in [0.29, 0.717) is 27.1 Å². The van der Waals surface area contributed by atoms with Crippen molar-refractivity contribution in [3.05, 3.63) is 64.2 Å². The number of amidine groups is 1. The van der Waals surface area contributed by atoms with Crippen LogP contribution in [0.2, 0.25) is 0 Å². The average molecular weight is 397 g/mol. The standard InChI is InChI=1S/C18H11N3O4S2/c19-17-21(18-20-6-7-26-18)15(22)14(27-17)9-12-4-5-13(25-12)10-2-1-3-11(8-10)16(23)24/h1-9,19H,(H,23,24)/b14-9+,19-17?. The Labute approximate surface area is 161 Å². The van der Waals surface area contributed by atoms with Gasteiger partial charge in [-0.1, -0.05) is 12.1 Å². The Hall–Kier alpha value is -3.17. The lowest BCUT2D eigenvalue weighted by Crippen LogP contribution is -2.27. The predicted octanol–water partition coefficient (Wildman–Crippen LogP) is 4.16. The van der Waals surface area contributed by atoms with Gasteiger partial charge in [0.25, 0.3) is 5.91 Å². The molecule has 0 radical (unpaired) electrons. The molecule has 0 bridgehead atoms. The van der Waals surface area contributed by atoms with Crippen LogP contribution < -0.4 is 4.90 Å². The van der Waals surface area contributed by atoms with Gasteiger partial charge in [-0.05, 0) is 36.0 Å². The highest BCUT2D eigenvalue weighted by Gasteiger charge is 2.35. The van der Waals surface area contributed by atoms with Crippen LogP contribution in [0.1, 0.15) is 16.1 Å². The number of thiazole rings is 1. The Bertz CT molecular complexity index is 1090. The third-order valence-corrected chi connectivity index (χ3v) is 5.37. The summed E-state index contributed by atoms with van der Waals surface area (Å²) in [4.78, 5) is 29.4. The van der Waals surface area contributed by atoms with Crippen molar-refractivity contribution in [1.82, 2.24) is 4.98 Å². The first-order chi connectivity index (χ1) is 13.0. The first-order valence-corrected chi connectivity index (χ1v) is 9.38. The van der Waals surface area contributed by atoms with E-state index in [1.165, 1.54) is 28.4 Å². The number of nitrogens with zero attached hydrogens (tertiary/aromatic N) is 2. The van der Waals surface area contributed by atoms with Crippen LogP contribution in [0.15, 0.2) is 57.3 Å². The van der Waals surface area contributed by atoms with Gasteiger partial charge >= 0.3 is 5.97 Å². The number of carboxylic acid groups (broad SMARTS) is 1. The highest BCUT2D eigenvalue weighted by Crippen LogP contribution is 2.36. The van der Waals surface area contributed by atoms with Crippen molar-refractivity contribution in [3.63, 3.8) is 0 Å². The molecule has 0 unspecified atom stereocenters. The summed E-state index contributed by atoms with van der Waals surface area (Å²) >= 11 is 2.32. The van der Waals surface area contributed by atoms with Crippen molar-refractivity contribution in [2.24, 2.45) is 0 Å². The number of aromatic carboxylic acids is 1. The minimum absolute atomic E-state index is 0.0853. The fourth-order valence-corrected chi connectivity index (χ4v) is 4.03. The number of thioether (sulfide) groups is 1. The topological polar surface area (TPSA) is 107 Å². The van der Waals surface area contributed by atoms with Gasteiger partial charge in [-0.25, -0.2) is 14.7 Å². The Balaban J connectivity index is 1.61. The molecule has 3 heterocycles. The third kappa shape index (κ3) is 3.29. The van der Waals surface area contributed by atoms with E-state index in [1.54, 1.807) is 41.9 Å². The maximum Gasteiger partial charge on any atom is 0.335 e. The monoisotopic (exact) mass is 397 g/mol. The molecule has 0 atom stereocenters. The van der Waals surface area contributed by atoms with E-state index in [2.05, 4.69) is 4.98 Å². The van der Waals surface area contributed by atoms with E-state index in [4.69, 9.17) is 14.9 Å². The van der Waals surface area contributed by atoms with Crippen LogP contribution in [0, 0.1) is 5.41 Å². The van der Waals surface area contributed by atoms with Crippen LogP contribution in [0.25, 0.3) is 17.4 Å².